The molecular formula is C15H13F6N3O. The summed E-state index contributed by atoms with van der Waals surface area (Å²) < 4.78 is 78.6. The van der Waals surface area contributed by atoms with Crippen molar-refractivity contribution in [3.05, 3.63) is 52.8 Å². The maximum absolute atomic E-state index is 13.0. The van der Waals surface area contributed by atoms with Crippen molar-refractivity contribution >= 4 is 5.91 Å². The van der Waals surface area contributed by atoms with Crippen LogP contribution in [0.1, 0.15) is 27.2 Å². The van der Waals surface area contributed by atoms with Crippen molar-refractivity contribution in [2.24, 2.45) is 7.05 Å². The van der Waals surface area contributed by atoms with Crippen molar-refractivity contribution in [2.45, 2.75) is 18.9 Å². The Bertz CT molecular complexity index is 778. The molecule has 1 heterocycles. The van der Waals surface area contributed by atoms with Crippen molar-refractivity contribution < 1.29 is 31.1 Å². The van der Waals surface area contributed by atoms with Crippen LogP contribution < -0.4 is 0 Å². The number of aromatic nitrogens is 2. The molecule has 0 aliphatic carbocycles. The smallest absolute Gasteiger partial charge is 0.337 e. The molecule has 10 heteroatoms. The lowest BCUT2D eigenvalue weighted by atomic mass is 10.1. The van der Waals surface area contributed by atoms with Gasteiger partial charge in [-0.25, -0.2) is 0 Å². The first-order valence-corrected chi connectivity index (χ1v) is 6.92. The number of benzene rings is 1. The van der Waals surface area contributed by atoms with Crippen LogP contribution in [0.5, 0.6) is 0 Å². The molecule has 0 saturated heterocycles. The van der Waals surface area contributed by atoms with E-state index in [1.807, 2.05) is 0 Å². The van der Waals surface area contributed by atoms with Gasteiger partial charge in [0, 0.05) is 26.8 Å². The molecule has 0 N–H and O–H groups in total. The minimum Gasteiger partial charge on any atom is -0.337 e. The SMILES string of the molecule is CN(Cc1ccccc1C(F)(F)F)C(=O)c1cn(C)nc1C(F)(F)F. The van der Waals surface area contributed by atoms with Crippen LogP contribution >= 0.6 is 0 Å². The lowest BCUT2D eigenvalue weighted by Crippen LogP contribution is -2.29. The Morgan fingerprint density at radius 1 is 1.12 bits per heavy atom. The Labute approximate surface area is 138 Å². The Morgan fingerprint density at radius 2 is 1.72 bits per heavy atom. The van der Waals surface area contributed by atoms with Crippen LogP contribution in [0.4, 0.5) is 26.3 Å². The van der Waals surface area contributed by atoms with E-state index in [2.05, 4.69) is 5.10 Å². The lowest BCUT2D eigenvalue weighted by molar-refractivity contribution is -0.141. The predicted octanol–water partition coefficient (Wildman–Crippen LogP) is 3.73. The maximum atomic E-state index is 13.0. The summed E-state index contributed by atoms with van der Waals surface area (Å²) >= 11 is 0. The summed E-state index contributed by atoms with van der Waals surface area (Å²) in [4.78, 5) is 13.1. The van der Waals surface area contributed by atoms with E-state index in [-0.39, 0.29) is 5.56 Å². The molecule has 1 aromatic heterocycles. The molecule has 1 amide bonds. The van der Waals surface area contributed by atoms with E-state index in [9.17, 15) is 31.1 Å². The largest absolute Gasteiger partial charge is 0.435 e. The molecule has 0 aliphatic heterocycles. The fraction of sp³-hybridized carbons (Fsp3) is 0.333. The average molecular weight is 365 g/mol. The van der Waals surface area contributed by atoms with Crippen LogP contribution in [0.15, 0.2) is 30.5 Å². The van der Waals surface area contributed by atoms with E-state index in [1.165, 1.54) is 25.2 Å². The van der Waals surface area contributed by atoms with Crippen molar-refractivity contribution in [3.8, 4) is 0 Å². The van der Waals surface area contributed by atoms with Crippen molar-refractivity contribution in [2.75, 3.05) is 7.05 Å². The number of halogens is 6. The van der Waals surface area contributed by atoms with E-state index in [0.29, 0.717) is 0 Å². The highest BCUT2D eigenvalue weighted by molar-refractivity contribution is 5.95. The van der Waals surface area contributed by atoms with Crippen molar-refractivity contribution in [1.82, 2.24) is 14.7 Å². The first-order chi connectivity index (χ1) is 11.4. The molecule has 0 fully saturated rings. The molecule has 0 bridgehead atoms. The Hall–Kier alpha value is -2.52. The van der Waals surface area contributed by atoms with Gasteiger partial charge in [-0.15, -0.1) is 0 Å². The number of carbonyl (C=O) groups excluding carboxylic acids is 1. The number of carbonyl (C=O) groups is 1. The second kappa shape index (κ2) is 6.41. The van der Waals surface area contributed by atoms with Gasteiger partial charge in [-0.3, -0.25) is 9.48 Å². The fourth-order valence-electron chi connectivity index (χ4n) is 2.32. The van der Waals surface area contributed by atoms with Gasteiger partial charge in [0.2, 0.25) is 0 Å². The van der Waals surface area contributed by atoms with Crippen molar-refractivity contribution in [1.29, 1.82) is 0 Å². The Morgan fingerprint density at radius 3 is 2.28 bits per heavy atom. The average Bonchev–Trinajstić information content (AvgIpc) is 2.88. The quantitative estimate of drug-likeness (QED) is 0.778. The summed E-state index contributed by atoms with van der Waals surface area (Å²) in [5, 5.41) is 3.21. The molecule has 0 unspecified atom stereocenters. The van der Waals surface area contributed by atoms with Gasteiger partial charge in [0.1, 0.15) is 0 Å². The van der Waals surface area contributed by atoms with Crippen LogP contribution in [0.25, 0.3) is 0 Å². The molecule has 4 nitrogen and oxygen atoms in total. The van der Waals surface area contributed by atoms with E-state index in [4.69, 9.17) is 0 Å². The third kappa shape index (κ3) is 4.12. The van der Waals surface area contributed by atoms with Crippen LogP contribution in [0.3, 0.4) is 0 Å². The molecule has 136 valence electrons. The Balaban J connectivity index is 2.32. The molecule has 0 spiro atoms. The number of amides is 1. The minimum absolute atomic E-state index is 0.219. The van der Waals surface area contributed by atoms with Gasteiger partial charge in [-0.05, 0) is 11.6 Å². The predicted molar refractivity (Wildman–Crippen MR) is 75.5 cm³/mol. The van der Waals surface area contributed by atoms with Gasteiger partial charge in [0.25, 0.3) is 5.91 Å². The summed E-state index contributed by atoms with van der Waals surface area (Å²) in [7, 11) is 2.34. The van der Waals surface area contributed by atoms with Gasteiger partial charge in [0.05, 0.1) is 11.1 Å². The fourth-order valence-corrected chi connectivity index (χ4v) is 2.32. The molecule has 25 heavy (non-hydrogen) atoms. The molecular weight excluding hydrogens is 352 g/mol. The summed E-state index contributed by atoms with van der Waals surface area (Å²) in [5.41, 5.74) is -3.27. The number of alkyl halides is 6. The van der Waals surface area contributed by atoms with Gasteiger partial charge in [-0.1, -0.05) is 18.2 Å². The van der Waals surface area contributed by atoms with Crippen LogP contribution in [-0.4, -0.2) is 27.6 Å². The lowest BCUT2D eigenvalue weighted by Gasteiger charge is -2.20. The zero-order valence-electron chi connectivity index (χ0n) is 13.1. The number of aryl methyl sites for hydroxylation is 1. The van der Waals surface area contributed by atoms with E-state index in [1.54, 1.807) is 0 Å². The topological polar surface area (TPSA) is 38.1 Å². The number of hydrogen-bond donors (Lipinski definition) is 0. The standard InChI is InChI=1S/C15H13F6N3O/c1-23(7-9-5-3-4-6-11(9)14(16,17)18)13(25)10-8-24(2)22-12(10)15(19,20)21/h3-6,8H,7H2,1-2H3. The third-order valence-electron chi connectivity index (χ3n) is 3.40. The summed E-state index contributed by atoms with van der Waals surface area (Å²) in [6.45, 7) is -0.499. The molecule has 0 aliphatic rings. The highest BCUT2D eigenvalue weighted by atomic mass is 19.4. The highest BCUT2D eigenvalue weighted by Crippen LogP contribution is 2.33. The summed E-state index contributed by atoms with van der Waals surface area (Å²) in [6.07, 6.45) is -8.60. The first kappa shape index (κ1) is 18.8. The highest BCUT2D eigenvalue weighted by Gasteiger charge is 2.40. The first-order valence-electron chi connectivity index (χ1n) is 6.92. The van der Waals surface area contributed by atoms with Crippen molar-refractivity contribution in [3.63, 3.8) is 0 Å². The minimum atomic E-state index is -4.85. The van der Waals surface area contributed by atoms with Gasteiger partial charge >= 0.3 is 12.4 Å². The number of hydrogen-bond acceptors (Lipinski definition) is 2. The number of nitrogens with zero attached hydrogens (tertiary/aromatic N) is 3. The van der Waals surface area contributed by atoms with Gasteiger partial charge in [0.15, 0.2) is 5.69 Å². The summed E-state index contributed by atoms with van der Waals surface area (Å²) in [5.74, 6) is -1.07. The zero-order chi connectivity index (χ0) is 19.0. The molecule has 1 aromatic carbocycles. The third-order valence-corrected chi connectivity index (χ3v) is 3.40. The second-order valence-corrected chi connectivity index (χ2v) is 5.38. The van der Waals surface area contributed by atoms with Gasteiger partial charge in [-0.2, -0.15) is 31.4 Å². The van der Waals surface area contributed by atoms with Crippen LogP contribution in [0, 0.1) is 0 Å². The second-order valence-electron chi connectivity index (χ2n) is 5.38. The zero-order valence-corrected chi connectivity index (χ0v) is 13.1. The molecule has 2 rings (SSSR count). The number of rotatable bonds is 3. The molecule has 0 radical (unpaired) electrons. The molecule has 0 atom stereocenters. The van der Waals surface area contributed by atoms with Crippen LogP contribution in [0.2, 0.25) is 0 Å². The van der Waals surface area contributed by atoms with E-state index in [0.717, 1.165) is 28.9 Å². The van der Waals surface area contributed by atoms with E-state index < -0.39 is 41.6 Å². The van der Waals surface area contributed by atoms with Gasteiger partial charge < -0.3 is 4.90 Å². The molecule has 0 saturated carbocycles. The summed E-state index contributed by atoms with van der Waals surface area (Å²) in [6, 6.07) is 4.56. The van der Waals surface area contributed by atoms with E-state index >= 15 is 0 Å². The Kier molecular flexibility index (Phi) is 4.83. The maximum Gasteiger partial charge on any atom is 0.435 e. The monoisotopic (exact) mass is 365 g/mol. The normalized spacial score (nSPS) is 12.3. The van der Waals surface area contributed by atoms with Crippen LogP contribution in [-0.2, 0) is 25.9 Å². The molecule has 2 aromatic rings.